The monoisotopic (exact) mass is 224 g/mol. The van der Waals surface area contributed by atoms with Gasteiger partial charge in [-0.25, -0.2) is 8.78 Å². The highest BCUT2D eigenvalue weighted by molar-refractivity contribution is 5.24. The number of hydrogen-bond donors (Lipinski definition) is 1. The molecule has 0 fully saturated rings. The third kappa shape index (κ3) is 2.56. The average molecular weight is 224 g/mol. The second kappa shape index (κ2) is 5.57. The molecule has 0 aliphatic heterocycles. The SMILES string of the molecule is CCC(C#N)C(NC)c1cc(F)ccc1F. The van der Waals surface area contributed by atoms with Gasteiger partial charge in [0.1, 0.15) is 11.6 Å². The molecule has 0 amide bonds. The molecule has 0 aromatic heterocycles. The van der Waals surface area contributed by atoms with E-state index in [1.54, 1.807) is 7.05 Å². The first kappa shape index (κ1) is 12.6. The number of rotatable bonds is 4. The highest BCUT2D eigenvalue weighted by Gasteiger charge is 2.23. The van der Waals surface area contributed by atoms with Gasteiger partial charge in [0.25, 0.3) is 0 Å². The molecule has 0 saturated carbocycles. The van der Waals surface area contributed by atoms with Gasteiger partial charge in [-0.1, -0.05) is 6.92 Å². The molecule has 1 N–H and O–H groups in total. The van der Waals surface area contributed by atoms with Gasteiger partial charge in [0, 0.05) is 5.56 Å². The lowest BCUT2D eigenvalue weighted by Gasteiger charge is -2.21. The van der Waals surface area contributed by atoms with Crippen molar-refractivity contribution in [3.63, 3.8) is 0 Å². The molecule has 0 aliphatic rings. The number of halogens is 2. The summed E-state index contributed by atoms with van der Waals surface area (Å²) in [6.07, 6.45) is 0.581. The highest BCUT2D eigenvalue weighted by atomic mass is 19.1. The van der Waals surface area contributed by atoms with Crippen LogP contribution in [-0.4, -0.2) is 7.05 Å². The maximum atomic E-state index is 13.5. The van der Waals surface area contributed by atoms with E-state index in [9.17, 15) is 8.78 Å². The van der Waals surface area contributed by atoms with Crippen LogP contribution in [0.25, 0.3) is 0 Å². The van der Waals surface area contributed by atoms with Crippen LogP contribution >= 0.6 is 0 Å². The fourth-order valence-corrected chi connectivity index (χ4v) is 1.73. The summed E-state index contributed by atoms with van der Waals surface area (Å²) in [7, 11) is 1.63. The minimum absolute atomic E-state index is 0.205. The van der Waals surface area contributed by atoms with Crippen molar-refractivity contribution >= 4 is 0 Å². The van der Waals surface area contributed by atoms with Crippen LogP contribution in [0, 0.1) is 28.9 Å². The predicted molar refractivity (Wildman–Crippen MR) is 57.6 cm³/mol. The molecule has 0 saturated heterocycles. The zero-order chi connectivity index (χ0) is 12.1. The molecule has 2 atom stereocenters. The number of nitrogens with one attached hydrogen (secondary N) is 1. The molecular formula is C12H14F2N2. The Kier molecular flexibility index (Phi) is 4.39. The maximum Gasteiger partial charge on any atom is 0.128 e. The number of benzene rings is 1. The smallest absolute Gasteiger partial charge is 0.128 e. The van der Waals surface area contributed by atoms with Gasteiger partial charge in [0.05, 0.1) is 18.0 Å². The molecule has 0 bridgehead atoms. The Bertz CT molecular complexity index is 398. The summed E-state index contributed by atoms with van der Waals surface area (Å²) < 4.78 is 26.6. The molecule has 1 rings (SSSR count). The van der Waals surface area contributed by atoms with Crippen molar-refractivity contribution in [3.05, 3.63) is 35.4 Å². The second-order valence-electron chi connectivity index (χ2n) is 3.58. The van der Waals surface area contributed by atoms with Crippen molar-refractivity contribution in [2.45, 2.75) is 19.4 Å². The Balaban J connectivity index is 3.13. The largest absolute Gasteiger partial charge is 0.312 e. The van der Waals surface area contributed by atoms with E-state index >= 15 is 0 Å². The molecule has 16 heavy (non-hydrogen) atoms. The van der Waals surface area contributed by atoms with Gasteiger partial charge in [-0.05, 0) is 31.7 Å². The van der Waals surface area contributed by atoms with E-state index in [4.69, 9.17) is 5.26 Å². The molecule has 2 unspecified atom stereocenters. The van der Waals surface area contributed by atoms with Crippen molar-refractivity contribution in [1.82, 2.24) is 5.32 Å². The molecule has 1 aromatic carbocycles. The lowest BCUT2D eigenvalue weighted by molar-refractivity contribution is 0.427. The van der Waals surface area contributed by atoms with Crippen LogP contribution < -0.4 is 5.32 Å². The number of nitrogens with zero attached hydrogens (tertiary/aromatic N) is 1. The summed E-state index contributed by atoms with van der Waals surface area (Å²) in [5.74, 6) is -1.36. The third-order valence-electron chi connectivity index (χ3n) is 2.61. The van der Waals surface area contributed by atoms with E-state index in [1.165, 1.54) is 0 Å². The third-order valence-corrected chi connectivity index (χ3v) is 2.61. The normalized spacial score (nSPS) is 14.2. The first-order valence-electron chi connectivity index (χ1n) is 5.15. The van der Waals surface area contributed by atoms with Crippen molar-refractivity contribution in [1.29, 1.82) is 5.26 Å². The topological polar surface area (TPSA) is 35.8 Å². The predicted octanol–water partition coefficient (Wildman–Crippen LogP) is 2.78. The minimum Gasteiger partial charge on any atom is -0.312 e. The van der Waals surface area contributed by atoms with Crippen LogP contribution in [0.4, 0.5) is 8.78 Å². The van der Waals surface area contributed by atoms with Gasteiger partial charge in [-0.15, -0.1) is 0 Å². The van der Waals surface area contributed by atoms with Gasteiger partial charge in [-0.2, -0.15) is 5.26 Å². The fraction of sp³-hybridized carbons (Fsp3) is 0.417. The molecule has 0 heterocycles. The van der Waals surface area contributed by atoms with Crippen LogP contribution in [-0.2, 0) is 0 Å². The van der Waals surface area contributed by atoms with Gasteiger partial charge >= 0.3 is 0 Å². The molecule has 0 radical (unpaired) electrons. The van der Waals surface area contributed by atoms with Crippen molar-refractivity contribution in [3.8, 4) is 6.07 Å². The second-order valence-corrected chi connectivity index (χ2v) is 3.58. The first-order chi connectivity index (χ1) is 7.63. The van der Waals surface area contributed by atoms with Crippen LogP contribution in [0.3, 0.4) is 0 Å². The van der Waals surface area contributed by atoms with Crippen molar-refractivity contribution in [2.75, 3.05) is 7.05 Å². The van der Waals surface area contributed by atoms with E-state index in [0.29, 0.717) is 6.42 Å². The molecule has 0 aliphatic carbocycles. The maximum absolute atomic E-state index is 13.5. The van der Waals surface area contributed by atoms with E-state index < -0.39 is 17.7 Å². The number of nitriles is 1. The van der Waals surface area contributed by atoms with Gasteiger partial charge in [0.15, 0.2) is 0 Å². The summed E-state index contributed by atoms with van der Waals surface area (Å²) in [6.45, 7) is 1.84. The van der Waals surface area contributed by atoms with Gasteiger partial charge < -0.3 is 5.32 Å². The van der Waals surface area contributed by atoms with Crippen LogP contribution in [0.5, 0.6) is 0 Å². The summed E-state index contributed by atoms with van der Waals surface area (Å²) in [5.41, 5.74) is 0.205. The molecule has 2 nitrogen and oxygen atoms in total. The van der Waals surface area contributed by atoms with E-state index in [2.05, 4.69) is 11.4 Å². The molecule has 4 heteroatoms. The quantitative estimate of drug-likeness (QED) is 0.853. The van der Waals surface area contributed by atoms with Crippen LogP contribution in [0.1, 0.15) is 24.9 Å². The molecular weight excluding hydrogens is 210 g/mol. The number of hydrogen-bond acceptors (Lipinski definition) is 2. The van der Waals surface area contributed by atoms with Crippen LogP contribution in [0.2, 0.25) is 0 Å². The minimum atomic E-state index is -0.496. The Morgan fingerprint density at radius 1 is 1.44 bits per heavy atom. The van der Waals surface area contributed by atoms with Crippen LogP contribution in [0.15, 0.2) is 18.2 Å². The summed E-state index contributed by atoms with van der Waals surface area (Å²) >= 11 is 0. The molecule has 1 aromatic rings. The average Bonchev–Trinajstić information content (AvgIpc) is 2.29. The zero-order valence-electron chi connectivity index (χ0n) is 9.30. The zero-order valence-corrected chi connectivity index (χ0v) is 9.30. The van der Waals surface area contributed by atoms with Crippen molar-refractivity contribution < 1.29 is 8.78 Å². The Hall–Kier alpha value is -1.47. The summed E-state index contributed by atoms with van der Waals surface area (Å²) in [6, 6.07) is 4.90. The van der Waals surface area contributed by atoms with E-state index in [1.807, 2.05) is 6.92 Å². The Morgan fingerprint density at radius 2 is 2.12 bits per heavy atom. The lowest BCUT2D eigenvalue weighted by atomic mass is 9.92. The Morgan fingerprint density at radius 3 is 2.62 bits per heavy atom. The molecule has 0 spiro atoms. The fourth-order valence-electron chi connectivity index (χ4n) is 1.73. The first-order valence-corrected chi connectivity index (χ1v) is 5.15. The molecule has 86 valence electrons. The van der Waals surface area contributed by atoms with E-state index in [-0.39, 0.29) is 11.5 Å². The highest BCUT2D eigenvalue weighted by Crippen LogP contribution is 2.26. The van der Waals surface area contributed by atoms with Crippen molar-refractivity contribution in [2.24, 2.45) is 5.92 Å². The van der Waals surface area contributed by atoms with Gasteiger partial charge in [0.2, 0.25) is 0 Å². The Labute approximate surface area is 93.9 Å². The summed E-state index contributed by atoms with van der Waals surface area (Å²) in [4.78, 5) is 0. The summed E-state index contributed by atoms with van der Waals surface area (Å²) in [5, 5.41) is 11.8. The lowest BCUT2D eigenvalue weighted by Crippen LogP contribution is -2.25. The standard InChI is InChI=1S/C12H14F2N2/c1-3-8(7-15)12(16-2)10-6-9(13)4-5-11(10)14/h4-6,8,12,16H,3H2,1-2H3. The van der Waals surface area contributed by atoms with E-state index in [0.717, 1.165) is 18.2 Å². The van der Waals surface area contributed by atoms with Gasteiger partial charge in [-0.3, -0.25) is 0 Å².